The van der Waals surface area contributed by atoms with E-state index in [2.05, 4.69) is 10.8 Å². The van der Waals surface area contributed by atoms with E-state index in [1.54, 1.807) is 23.5 Å². The monoisotopic (exact) mass is 322 g/mol. The van der Waals surface area contributed by atoms with Crippen LogP contribution in [0.15, 0.2) is 10.8 Å². The van der Waals surface area contributed by atoms with Crippen LogP contribution in [0.4, 0.5) is 0 Å². The Labute approximate surface area is 63.3 Å². The van der Waals surface area contributed by atoms with Gasteiger partial charge in [-0.3, -0.25) is 0 Å². The number of thioether (sulfide) groups is 2. The van der Waals surface area contributed by atoms with E-state index in [0.29, 0.717) is 3.05 Å². The molecule has 48 valence electrons. The summed E-state index contributed by atoms with van der Waals surface area (Å²) in [6.07, 6.45) is 0. The number of hydrogen-bond donors (Lipinski definition) is 2. The molecule has 0 atom stereocenters. The van der Waals surface area contributed by atoms with Crippen molar-refractivity contribution in [3.63, 3.8) is 0 Å². The summed E-state index contributed by atoms with van der Waals surface area (Å²) in [5.41, 5.74) is 0. The van der Waals surface area contributed by atoms with Gasteiger partial charge in [0.25, 0.3) is 0 Å². The molecule has 1 aliphatic rings. The van der Waals surface area contributed by atoms with E-state index in [0.717, 1.165) is 0 Å². The number of nitrogens with two attached hydrogens (primary N) is 2. The minimum atomic E-state index is -1.75. The molecular weight excluding hydrogens is 314 g/mol. The zero-order chi connectivity index (χ0) is 5.98. The summed E-state index contributed by atoms with van der Waals surface area (Å²) in [7, 11) is 0. The van der Waals surface area contributed by atoms with Crippen LogP contribution in [0.25, 0.3) is 0 Å². The van der Waals surface area contributed by atoms with Gasteiger partial charge in [0, 0.05) is 0 Å². The Bertz CT molecular complexity index is 97.5. The molecule has 0 aromatic heterocycles. The Hall–Kier alpha value is 1.02. The molecule has 8 heavy (non-hydrogen) atoms. The number of rotatable bonds is 1. The SMILES string of the molecule is [NH2][Re]([NH2])[CH]1SC=CS1. The van der Waals surface area contributed by atoms with E-state index in [4.69, 9.17) is 8.73 Å². The Morgan fingerprint density at radius 3 is 2.00 bits per heavy atom. The first-order valence-electron chi connectivity index (χ1n) is 1.93. The molecule has 1 aliphatic heterocycles. The topological polar surface area (TPSA) is 52.0 Å². The first-order valence-corrected chi connectivity index (χ1v) is 8.52. The van der Waals surface area contributed by atoms with Crippen molar-refractivity contribution in [2.24, 2.45) is 8.73 Å². The van der Waals surface area contributed by atoms with Crippen LogP contribution in [0.5, 0.6) is 0 Å². The fourth-order valence-corrected chi connectivity index (χ4v) is 5.82. The Kier molecular flexibility index (Phi) is 2.90. The normalized spacial score (nSPS) is 22.0. The van der Waals surface area contributed by atoms with Crippen molar-refractivity contribution in [1.82, 2.24) is 0 Å². The average Bonchev–Trinajstić information content (AvgIpc) is 2.12. The third-order valence-electron chi connectivity index (χ3n) is 0.632. The van der Waals surface area contributed by atoms with Crippen molar-refractivity contribution in [2.45, 2.75) is 3.05 Å². The van der Waals surface area contributed by atoms with E-state index >= 15 is 0 Å². The first kappa shape index (κ1) is 7.13. The van der Waals surface area contributed by atoms with E-state index in [-0.39, 0.29) is 0 Å². The summed E-state index contributed by atoms with van der Waals surface area (Å²) < 4.78 is 11.7. The molecule has 0 saturated heterocycles. The summed E-state index contributed by atoms with van der Waals surface area (Å²) in [5, 5.41) is 4.12. The predicted molar refractivity (Wildman–Crippen MR) is 36.5 cm³/mol. The van der Waals surface area contributed by atoms with Crippen LogP contribution in [-0.4, -0.2) is 3.05 Å². The molecule has 2 nitrogen and oxygen atoms in total. The van der Waals surface area contributed by atoms with Gasteiger partial charge in [0.15, 0.2) is 0 Å². The fraction of sp³-hybridized carbons (Fsp3) is 0.333. The Morgan fingerprint density at radius 1 is 1.25 bits per heavy atom. The van der Waals surface area contributed by atoms with Gasteiger partial charge in [-0.25, -0.2) is 0 Å². The van der Waals surface area contributed by atoms with Crippen LogP contribution < -0.4 is 8.73 Å². The molecular formula is C3H7N2ReS2. The second kappa shape index (κ2) is 3.26. The van der Waals surface area contributed by atoms with Gasteiger partial charge in [0.1, 0.15) is 0 Å². The van der Waals surface area contributed by atoms with Crippen molar-refractivity contribution in [3.05, 3.63) is 10.8 Å². The third-order valence-corrected chi connectivity index (χ3v) is 9.55. The van der Waals surface area contributed by atoms with Gasteiger partial charge >= 0.3 is 63.4 Å². The van der Waals surface area contributed by atoms with Crippen LogP contribution >= 0.6 is 23.5 Å². The molecule has 1 rings (SSSR count). The van der Waals surface area contributed by atoms with Gasteiger partial charge < -0.3 is 0 Å². The zero-order valence-electron chi connectivity index (χ0n) is 4.08. The summed E-state index contributed by atoms with van der Waals surface area (Å²) in [6, 6.07) is 0. The van der Waals surface area contributed by atoms with E-state index in [1.165, 1.54) is 0 Å². The quantitative estimate of drug-likeness (QED) is 0.742. The van der Waals surface area contributed by atoms with Gasteiger partial charge in [0.05, 0.1) is 0 Å². The molecule has 0 radical (unpaired) electrons. The molecule has 0 amide bonds. The molecule has 0 aliphatic carbocycles. The molecule has 1 heterocycles. The Balaban J connectivity index is 2.29. The van der Waals surface area contributed by atoms with Crippen LogP contribution in [-0.2, 0) is 17.3 Å². The first-order chi connectivity index (χ1) is 3.80. The average molecular weight is 321 g/mol. The van der Waals surface area contributed by atoms with Gasteiger partial charge in [-0.05, 0) is 0 Å². The minimum absolute atomic E-state index is 0.528. The van der Waals surface area contributed by atoms with Crippen molar-refractivity contribution in [1.29, 1.82) is 0 Å². The fourth-order valence-electron chi connectivity index (χ4n) is 0.339. The molecule has 0 unspecified atom stereocenters. The maximum atomic E-state index is 5.58. The maximum absolute atomic E-state index is 5.58. The van der Waals surface area contributed by atoms with E-state index in [9.17, 15) is 0 Å². The van der Waals surface area contributed by atoms with Gasteiger partial charge in [0.2, 0.25) is 0 Å². The molecule has 0 aromatic rings. The standard InChI is InChI=1S/C3H3S2.2H2N.Re/c1-2-5-3-4-1;;;/h1-3H;2*1H2;/q;2*-1;+2. The molecule has 0 spiro atoms. The molecule has 0 aromatic carbocycles. The van der Waals surface area contributed by atoms with Crippen LogP contribution in [0.1, 0.15) is 0 Å². The van der Waals surface area contributed by atoms with Crippen molar-refractivity contribution >= 4 is 23.5 Å². The van der Waals surface area contributed by atoms with Crippen LogP contribution in [0, 0.1) is 0 Å². The molecule has 4 N–H and O–H groups in total. The summed E-state index contributed by atoms with van der Waals surface area (Å²) in [4.78, 5) is 0. The Morgan fingerprint density at radius 2 is 1.75 bits per heavy atom. The van der Waals surface area contributed by atoms with Crippen molar-refractivity contribution in [3.8, 4) is 0 Å². The zero-order valence-corrected chi connectivity index (χ0v) is 8.43. The van der Waals surface area contributed by atoms with Crippen molar-refractivity contribution in [2.75, 3.05) is 0 Å². The molecule has 0 saturated carbocycles. The van der Waals surface area contributed by atoms with Gasteiger partial charge in [-0.1, -0.05) is 0 Å². The van der Waals surface area contributed by atoms with E-state index < -0.39 is 17.3 Å². The van der Waals surface area contributed by atoms with Gasteiger partial charge in [-0.2, -0.15) is 0 Å². The second-order valence-electron chi connectivity index (χ2n) is 1.20. The summed E-state index contributed by atoms with van der Waals surface area (Å²) in [5.74, 6) is 0. The second-order valence-corrected chi connectivity index (χ2v) is 9.97. The summed E-state index contributed by atoms with van der Waals surface area (Å²) >= 11 is 1.78. The number of hydrogen-bond acceptors (Lipinski definition) is 4. The van der Waals surface area contributed by atoms with Crippen molar-refractivity contribution < 1.29 is 17.3 Å². The molecule has 5 heteroatoms. The summed E-state index contributed by atoms with van der Waals surface area (Å²) in [6.45, 7) is 0. The third kappa shape index (κ3) is 1.76. The molecule has 0 fully saturated rings. The van der Waals surface area contributed by atoms with E-state index in [1.807, 2.05) is 0 Å². The van der Waals surface area contributed by atoms with Crippen LogP contribution in [0.2, 0.25) is 0 Å². The molecule has 0 bridgehead atoms. The van der Waals surface area contributed by atoms with Gasteiger partial charge in [-0.15, -0.1) is 0 Å². The predicted octanol–water partition coefficient (Wildman–Crippen LogP) is 0.587. The van der Waals surface area contributed by atoms with Crippen LogP contribution in [0.3, 0.4) is 0 Å².